The van der Waals surface area contributed by atoms with E-state index in [1.54, 1.807) is 0 Å². The maximum atomic E-state index is 13.1. The average molecular weight is 371 g/mol. The molecule has 0 bridgehead atoms. The first-order chi connectivity index (χ1) is 12.3. The van der Waals surface area contributed by atoms with Gasteiger partial charge in [0, 0.05) is 6.07 Å². The fourth-order valence-corrected chi connectivity index (χ4v) is 1.96. The minimum atomic E-state index is -3.09. The van der Waals surface area contributed by atoms with Crippen LogP contribution in [0.5, 0.6) is 5.75 Å². The SMILES string of the molecule is C[C@H](OC(=O)c1cc(F)cc(F)c1)C(=O)Nc1ccccc1OC(F)F. The second kappa shape index (κ2) is 8.32. The number of ether oxygens (including phenoxy) is 2. The zero-order valence-electron chi connectivity index (χ0n) is 13.3. The van der Waals surface area contributed by atoms with Crippen LogP contribution < -0.4 is 10.1 Å². The summed E-state index contributed by atoms with van der Waals surface area (Å²) in [7, 11) is 0. The highest BCUT2D eigenvalue weighted by molar-refractivity contribution is 5.98. The van der Waals surface area contributed by atoms with Crippen LogP contribution >= 0.6 is 0 Å². The van der Waals surface area contributed by atoms with Crippen molar-refractivity contribution < 1.29 is 36.6 Å². The Hall–Kier alpha value is -3.10. The van der Waals surface area contributed by atoms with E-state index in [0.29, 0.717) is 6.07 Å². The van der Waals surface area contributed by atoms with Gasteiger partial charge in [-0.2, -0.15) is 8.78 Å². The van der Waals surface area contributed by atoms with Gasteiger partial charge in [-0.05, 0) is 31.2 Å². The van der Waals surface area contributed by atoms with E-state index in [0.717, 1.165) is 12.1 Å². The van der Waals surface area contributed by atoms with Gasteiger partial charge in [0.2, 0.25) is 0 Å². The Morgan fingerprint density at radius 2 is 1.65 bits per heavy atom. The molecule has 5 nitrogen and oxygen atoms in total. The molecule has 1 N–H and O–H groups in total. The minimum Gasteiger partial charge on any atom is -0.449 e. The summed E-state index contributed by atoms with van der Waals surface area (Å²) in [6, 6.07) is 7.51. The van der Waals surface area contributed by atoms with E-state index in [1.807, 2.05) is 0 Å². The number of esters is 1. The van der Waals surface area contributed by atoms with Crippen LogP contribution in [-0.4, -0.2) is 24.6 Å². The van der Waals surface area contributed by atoms with Crippen LogP contribution in [0.2, 0.25) is 0 Å². The number of benzene rings is 2. The maximum Gasteiger partial charge on any atom is 0.387 e. The summed E-state index contributed by atoms with van der Waals surface area (Å²) in [5.74, 6) is -4.20. The fourth-order valence-electron chi connectivity index (χ4n) is 1.96. The van der Waals surface area contributed by atoms with Gasteiger partial charge < -0.3 is 14.8 Å². The normalized spacial score (nSPS) is 11.8. The van der Waals surface area contributed by atoms with Crippen LogP contribution in [0, 0.1) is 11.6 Å². The molecule has 1 amide bonds. The standard InChI is InChI=1S/C17H13F4NO4/c1-9(25-16(24)10-6-11(18)8-12(19)7-10)15(23)22-13-4-2-3-5-14(13)26-17(20)21/h2-9,17H,1H3,(H,22,23)/t9-/m0/s1. The van der Waals surface area contributed by atoms with Gasteiger partial charge in [-0.25, -0.2) is 13.6 Å². The second-order valence-corrected chi connectivity index (χ2v) is 5.07. The quantitative estimate of drug-likeness (QED) is 0.621. The number of anilines is 1. The molecule has 0 saturated heterocycles. The van der Waals surface area contributed by atoms with Crippen molar-refractivity contribution >= 4 is 17.6 Å². The third-order valence-electron chi connectivity index (χ3n) is 3.11. The Bertz CT molecular complexity index is 793. The predicted molar refractivity (Wildman–Crippen MR) is 82.9 cm³/mol. The Morgan fingerprint density at radius 1 is 1.04 bits per heavy atom. The molecule has 26 heavy (non-hydrogen) atoms. The van der Waals surface area contributed by atoms with Gasteiger partial charge in [-0.3, -0.25) is 4.79 Å². The lowest BCUT2D eigenvalue weighted by atomic mass is 10.2. The smallest absolute Gasteiger partial charge is 0.387 e. The lowest BCUT2D eigenvalue weighted by Crippen LogP contribution is -2.30. The minimum absolute atomic E-state index is 0.0579. The number of amides is 1. The van der Waals surface area contributed by atoms with Crippen molar-refractivity contribution in [2.75, 3.05) is 5.32 Å². The van der Waals surface area contributed by atoms with Crippen molar-refractivity contribution in [3.63, 3.8) is 0 Å². The number of carbonyl (C=O) groups excluding carboxylic acids is 2. The van der Waals surface area contributed by atoms with Crippen molar-refractivity contribution in [1.82, 2.24) is 0 Å². The van der Waals surface area contributed by atoms with E-state index in [-0.39, 0.29) is 11.4 Å². The number of hydrogen-bond donors (Lipinski definition) is 1. The molecule has 1 atom stereocenters. The number of carbonyl (C=O) groups is 2. The molecular formula is C17H13F4NO4. The first kappa shape index (κ1) is 19.2. The topological polar surface area (TPSA) is 64.6 Å². The van der Waals surface area contributed by atoms with Gasteiger partial charge in [-0.1, -0.05) is 12.1 Å². The van der Waals surface area contributed by atoms with Gasteiger partial charge in [0.15, 0.2) is 6.10 Å². The zero-order chi connectivity index (χ0) is 19.3. The van der Waals surface area contributed by atoms with Crippen molar-refractivity contribution in [1.29, 1.82) is 0 Å². The van der Waals surface area contributed by atoms with Crippen LogP contribution in [0.4, 0.5) is 23.2 Å². The summed E-state index contributed by atoms with van der Waals surface area (Å²) < 4.78 is 60.0. The average Bonchev–Trinajstić information content (AvgIpc) is 2.55. The van der Waals surface area contributed by atoms with Gasteiger partial charge in [-0.15, -0.1) is 0 Å². The molecule has 0 radical (unpaired) electrons. The first-order valence-corrected chi connectivity index (χ1v) is 7.28. The van der Waals surface area contributed by atoms with Crippen molar-refractivity contribution in [2.24, 2.45) is 0 Å². The molecule has 0 spiro atoms. The molecule has 138 valence electrons. The number of hydrogen-bond acceptors (Lipinski definition) is 4. The van der Waals surface area contributed by atoms with Gasteiger partial charge in [0.1, 0.15) is 17.4 Å². The molecule has 0 aliphatic heterocycles. The summed E-state index contributed by atoms with van der Waals surface area (Å²) >= 11 is 0. The number of alkyl halides is 2. The monoisotopic (exact) mass is 371 g/mol. The predicted octanol–water partition coefficient (Wildman–Crippen LogP) is 3.75. The van der Waals surface area contributed by atoms with E-state index in [1.165, 1.54) is 31.2 Å². The van der Waals surface area contributed by atoms with E-state index in [4.69, 9.17) is 4.74 Å². The summed E-state index contributed by atoms with van der Waals surface area (Å²) in [6.07, 6.45) is -1.37. The molecule has 2 rings (SSSR count). The Balaban J connectivity index is 2.05. The molecule has 2 aromatic carbocycles. The Morgan fingerprint density at radius 3 is 2.27 bits per heavy atom. The van der Waals surface area contributed by atoms with E-state index in [9.17, 15) is 27.2 Å². The Kier molecular flexibility index (Phi) is 6.16. The van der Waals surface area contributed by atoms with Crippen molar-refractivity contribution in [2.45, 2.75) is 19.6 Å². The molecule has 0 unspecified atom stereocenters. The third kappa shape index (κ3) is 5.20. The van der Waals surface area contributed by atoms with Crippen LogP contribution in [-0.2, 0) is 9.53 Å². The second-order valence-electron chi connectivity index (χ2n) is 5.07. The maximum absolute atomic E-state index is 13.1. The van der Waals surface area contributed by atoms with Crippen LogP contribution in [0.1, 0.15) is 17.3 Å². The van der Waals surface area contributed by atoms with Gasteiger partial charge in [0.25, 0.3) is 5.91 Å². The number of para-hydroxylation sites is 2. The third-order valence-corrected chi connectivity index (χ3v) is 3.11. The van der Waals surface area contributed by atoms with Crippen LogP contribution in [0.3, 0.4) is 0 Å². The lowest BCUT2D eigenvalue weighted by Gasteiger charge is -2.15. The first-order valence-electron chi connectivity index (χ1n) is 7.28. The molecule has 0 aromatic heterocycles. The van der Waals surface area contributed by atoms with Gasteiger partial charge >= 0.3 is 12.6 Å². The number of rotatable bonds is 6. The Labute approximate surface area is 145 Å². The highest BCUT2D eigenvalue weighted by Gasteiger charge is 2.21. The van der Waals surface area contributed by atoms with Crippen molar-refractivity contribution in [3.05, 3.63) is 59.7 Å². The largest absolute Gasteiger partial charge is 0.449 e. The molecule has 0 aliphatic carbocycles. The summed E-state index contributed by atoms with van der Waals surface area (Å²) in [4.78, 5) is 23.9. The van der Waals surface area contributed by atoms with E-state index < -0.39 is 41.8 Å². The highest BCUT2D eigenvalue weighted by atomic mass is 19.3. The summed E-state index contributed by atoms with van der Waals surface area (Å²) in [5, 5.41) is 2.27. The number of halogens is 4. The molecule has 0 aliphatic rings. The lowest BCUT2D eigenvalue weighted by molar-refractivity contribution is -0.123. The van der Waals surface area contributed by atoms with E-state index >= 15 is 0 Å². The zero-order valence-corrected chi connectivity index (χ0v) is 13.3. The molecule has 0 heterocycles. The van der Waals surface area contributed by atoms with Crippen molar-refractivity contribution in [3.8, 4) is 5.75 Å². The van der Waals surface area contributed by atoms with Gasteiger partial charge in [0.05, 0.1) is 11.3 Å². The molecule has 0 fully saturated rings. The summed E-state index contributed by atoms with van der Waals surface area (Å²) in [5.41, 5.74) is -0.471. The summed E-state index contributed by atoms with van der Waals surface area (Å²) in [6.45, 7) is -1.88. The molecular weight excluding hydrogens is 358 g/mol. The fraction of sp³-hybridized carbons (Fsp3) is 0.176. The van der Waals surface area contributed by atoms with E-state index in [2.05, 4.69) is 10.1 Å². The number of nitrogens with one attached hydrogen (secondary N) is 1. The molecule has 0 saturated carbocycles. The molecule has 9 heteroatoms. The van der Waals surface area contributed by atoms with Crippen LogP contribution in [0.25, 0.3) is 0 Å². The molecule has 2 aromatic rings. The van der Waals surface area contributed by atoms with Crippen LogP contribution in [0.15, 0.2) is 42.5 Å². The highest BCUT2D eigenvalue weighted by Crippen LogP contribution is 2.25.